The highest BCUT2D eigenvalue weighted by Crippen LogP contribution is 2.40. The van der Waals surface area contributed by atoms with Gasteiger partial charge in [0.2, 0.25) is 0 Å². The Labute approximate surface area is 198 Å². The number of aryl methyl sites for hydroxylation is 2. The molecule has 7 nitrogen and oxygen atoms in total. The van der Waals surface area contributed by atoms with E-state index in [9.17, 15) is 9.59 Å². The zero-order valence-corrected chi connectivity index (χ0v) is 19.8. The molecule has 0 unspecified atom stereocenters. The molecule has 2 aromatic carbocycles. The van der Waals surface area contributed by atoms with Gasteiger partial charge in [-0.15, -0.1) is 0 Å². The van der Waals surface area contributed by atoms with Crippen LogP contribution in [0, 0.1) is 0 Å². The Hall–Kier alpha value is -3.32. The Morgan fingerprint density at radius 2 is 1.71 bits per heavy atom. The van der Waals surface area contributed by atoms with Crippen molar-refractivity contribution >= 4 is 16.9 Å². The molecule has 0 saturated carbocycles. The second-order valence-corrected chi connectivity index (χ2v) is 8.98. The highest BCUT2D eigenvalue weighted by atomic mass is 16.5. The van der Waals surface area contributed by atoms with Crippen molar-refractivity contribution < 1.29 is 23.4 Å². The minimum atomic E-state index is -0.353. The number of ether oxygens (including phenoxy) is 3. The van der Waals surface area contributed by atoms with Crippen LogP contribution in [0.25, 0.3) is 11.0 Å². The molecular formula is C27H29NO6. The number of hydrogen-bond donors (Lipinski definition) is 0. The molecule has 1 aromatic heterocycles. The second-order valence-electron chi connectivity index (χ2n) is 8.98. The summed E-state index contributed by atoms with van der Waals surface area (Å²) in [6, 6.07) is 9.52. The molecule has 1 aliphatic heterocycles. The van der Waals surface area contributed by atoms with Crippen molar-refractivity contribution in [2.75, 3.05) is 27.9 Å². The van der Waals surface area contributed by atoms with Gasteiger partial charge in [-0.3, -0.25) is 9.69 Å². The zero-order chi connectivity index (χ0) is 23.8. The third-order valence-corrected chi connectivity index (χ3v) is 7.12. The summed E-state index contributed by atoms with van der Waals surface area (Å²) in [6.07, 6.45) is 4.19. The second kappa shape index (κ2) is 9.14. The fourth-order valence-electron chi connectivity index (χ4n) is 5.39. The lowest BCUT2D eigenvalue weighted by Crippen LogP contribution is -2.36. The maximum absolute atomic E-state index is 12.4. The van der Waals surface area contributed by atoms with Gasteiger partial charge in [0, 0.05) is 30.6 Å². The molecule has 0 amide bonds. The summed E-state index contributed by atoms with van der Waals surface area (Å²) in [5, 5.41) is 0.968. The molecule has 2 aliphatic rings. The first-order valence-corrected chi connectivity index (χ1v) is 11.6. The van der Waals surface area contributed by atoms with Crippen molar-refractivity contribution in [2.45, 2.75) is 44.7 Å². The van der Waals surface area contributed by atoms with Crippen molar-refractivity contribution in [1.29, 1.82) is 0 Å². The van der Waals surface area contributed by atoms with Crippen LogP contribution < -0.4 is 15.1 Å². The van der Waals surface area contributed by atoms with Crippen LogP contribution in [0.15, 0.2) is 39.5 Å². The first-order chi connectivity index (χ1) is 16.5. The van der Waals surface area contributed by atoms with E-state index in [1.807, 2.05) is 18.2 Å². The molecule has 0 spiro atoms. The maximum Gasteiger partial charge on any atom is 0.336 e. The van der Waals surface area contributed by atoms with Gasteiger partial charge in [0.05, 0.1) is 27.8 Å². The molecule has 34 heavy (non-hydrogen) atoms. The number of esters is 1. The summed E-state index contributed by atoms with van der Waals surface area (Å²) in [5.74, 6) is 1.01. The molecule has 0 N–H and O–H groups in total. The van der Waals surface area contributed by atoms with Crippen molar-refractivity contribution in [1.82, 2.24) is 4.90 Å². The lowest BCUT2D eigenvalue weighted by atomic mass is 9.89. The summed E-state index contributed by atoms with van der Waals surface area (Å²) >= 11 is 0. The minimum Gasteiger partial charge on any atom is -0.493 e. The number of hydrogen-bond acceptors (Lipinski definition) is 7. The predicted molar refractivity (Wildman–Crippen MR) is 128 cm³/mol. The monoisotopic (exact) mass is 463 g/mol. The highest BCUT2D eigenvalue weighted by molar-refractivity contribution is 5.82. The smallest absolute Gasteiger partial charge is 0.336 e. The van der Waals surface area contributed by atoms with Crippen molar-refractivity contribution in [3.05, 3.63) is 68.6 Å². The fraction of sp³-hybridized carbons (Fsp3) is 0.407. The van der Waals surface area contributed by atoms with Gasteiger partial charge in [0.1, 0.15) is 5.58 Å². The third kappa shape index (κ3) is 4.05. The van der Waals surface area contributed by atoms with E-state index < -0.39 is 0 Å². The highest BCUT2D eigenvalue weighted by Gasteiger charge is 2.32. The van der Waals surface area contributed by atoms with Gasteiger partial charge in [0.25, 0.3) is 0 Å². The van der Waals surface area contributed by atoms with Crippen molar-refractivity contribution in [2.24, 2.45) is 0 Å². The standard InChI is InChI=1S/C27H29NO6/c1-31-24-11-18-7-8-28(22(14-26(29)33-3)20(18)13-25(24)32-2)15-19-12-27(30)34-23-10-17-6-4-5-16(17)9-21(19)23/h9-13,22H,4-8,14-15H2,1-3H3/t22-/m1/s1. The van der Waals surface area contributed by atoms with E-state index in [4.69, 9.17) is 18.6 Å². The van der Waals surface area contributed by atoms with E-state index in [1.54, 1.807) is 20.3 Å². The maximum atomic E-state index is 12.4. The van der Waals surface area contributed by atoms with Crippen LogP contribution in [0.1, 0.15) is 46.7 Å². The van der Waals surface area contributed by atoms with Gasteiger partial charge in [-0.25, -0.2) is 4.79 Å². The van der Waals surface area contributed by atoms with E-state index in [0.29, 0.717) is 23.6 Å². The van der Waals surface area contributed by atoms with E-state index in [-0.39, 0.29) is 24.1 Å². The molecule has 0 fully saturated rings. The van der Waals surface area contributed by atoms with Crippen LogP contribution in [-0.2, 0) is 35.3 Å². The number of fused-ring (bicyclic) bond motifs is 3. The average Bonchev–Trinajstić information content (AvgIpc) is 3.30. The fourth-order valence-corrected chi connectivity index (χ4v) is 5.39. The van der Waals surface area contributed by atoms with E-state index >= 15 is 0 Å². The molecular weight excluding hydrogens is 434 g/mol. The van der Waals surface area contributed by atoms with Crippen molar-refractivity contribution in [3.8, 4) is 11.5 Å². The van der Waals surface area contributed by atoms with Crippen LogP contribution in [0.3, 0.4) is 0 Å². The SMILES string of the molecule is COC(=O)C[C@@H]1c2cc(OC)c(OC)cc2CCN1Cc1cc(=O)oc2cc3c(cc12)CCC3. The lowest BCUT2D eigenvalue weighted by Gasteiger charge is -2.37. The van der Waals surface area contributed by atoms with Gasteiger partial charge in [0.15, 0.2) is 11.5 Å². The van der Waals surface area contributed by atoms with Gasteiger partial charge in [-0.1, -0.05) is 0 Å². The number of nitrogens with zero attached hydrogens (tertiary/aromatic N) is 1. The Morgan fingerprint density at radius 3 is 2.44 bits per heavy atom. The largest absolute Gasteiger partial charge is 0.493 e. The number of benzene rings is 2. The Kier molecular flexibility index (Phi) is 6.04. The number of carbonyl (C=O) groups is 1. The van der Waals surface area contributed by atoms with Crippen molar-refractivity contribution in [3.63, 3.8) is 0 Å². The summed E-state index contributed by atoms with van der Waals surface area (Å²) in [7, 11) is 4.63. The minimum absolute atomic E-state index is 0.202. The summed E-state index contributed by atoms with van der Waals surface area (Å²) in [6.45, 7) is 1.26. The van der Waals surface area contributed by atoms with Gasteiger partial charge in [-0.05, 0) is 77.8 Å². The topological polar surface area (TPSA) is 78.2 Å². The molecule has 1 aliphatic carbocycles. The van der Waals surface area contributed by atoms with Gasteiger partial charge < -0.3 is 18.6 Å². The molecule has 0 radical (unpaired) electrons. The lowest BCUT2D eigenvalue weighted by molar-refractivity contribution is -0.142. The molecule has 2 heterocycles. The van der Waals surface area contributed by atoms with E-state index in [2.05, 4.69) is 11.0 Å². The molecule has 178 valence electrons. The molecule has 1 atom stereocenters. The number of rotatable bonds is 6. The predicted octanol–water partition coefficient (Wildman–Crippen LogP) is 3.96. The quantitative estimate of drug-likeness (QED) is 0.404. The number of carbonyl (C=O) groups excluding carboxylic acids is 1. The zero-order valence-electron chi connectivity index (χ0n) is 19.8. The summed E-state index contributed by atoms with van der Waals surface area (Å²) < 4.78 is 21.6. The van der Waals surface area contributed by atoms with Crippen LogP contribution >= 0.6 is 0 Å². The van der Waals surface area contributed by atoms with E-state index in [0.717, 1.165) is 54.3 Å². The van der Waals surface area contributed by atoms with Crippen LogP contribution in [0.4, 0.5) is 0 Å². The van der Waals surface area contributed by atoms with Crippen LogP contribution in [-0.4, -0.2) is 38.7 Å². The summed E-state index contributed by atoms with van der Waals surface area (Å²) in [5.41, 5.74) is 5.93. The molecule has 3 aromatic rings. The Balaban J connectivity index is 1.56. The van der Waals surface area contributed by atoms with E-state index in [1.165, 1.54) is 18.2 Å². The Bertz CT molecular complexity index is 1310. The Morgan fingerprint density at radius 1 is 0.971 bits per heavy atom. The van der Waals surface area contributed by atoms with Crippen LogP contribution in [0.5, 0.6) is 11.5 Å². The normalized spacial score (nSPS) is 17.3. The molecule has 0 saturated heterocycles. The van der Waals surface area contributed by atoms with Crippen LogP contribution in [0.2, 0.25) is 0 Å². The third-order valence-electron chi connectivity index (χ3n) is 7.12. The number of methoxy groups -OCH3 is 3. The molecule has 0 bridgehead atoms. The summed E-state index contributed by atoms with van der Waals surface area (Å²) in [4.78, 5) is 27.0. The van der Waals surface area contributed by atoms with Gasteiger partial charge >= 0.3 is 11.6 Å². The first kappa shape index (κ1) is 22.5. The molecule has 5 rings (SSSR count). The average molecular weight is 464 g/mol. The first-order valence-electron chi connectivity index (χ1n) is 11.6. The molecule has 7 heteroatoms. The van der Waals surface area contributed by atoms with Gasteiger partial charge in [-0.2, -0.15) is 0 Å².